The largest absolute Gasteiger partial charge is 0.611 e. The van der Waals surface area contributed by atoms with E-state index < -0.39 is 11.2 Å². The van der Waals surface area contributed by atoms with Gasteiger partial charge in [0.05, 0.1) is 0 Å². The molecule has 0 fully saturated rings. The molecule has 2 aromatic rings. The highest BCUT2D eigenvalue weighted by atomic mass is 35.5. The van der Waals surface area contributed by atoms with Crippen LogP contribution in [0.2, 0.25) is 5.02 Å². The van der Waals surface area contributed by atoms with Crippen LogP contribution in [0.25, 0.3) is 0 Å². The van der Waals surface area contributed by atoms with Crippen LogP contribution in [0.3, 0.4) is 0 Å². The predicted molar refractivity (Wildman–Crippen MR) is 71.7 cm³/mol. The first kappa shape index (κ1) is 12.5. The second-order valence-electron chi connectivity index (χ2n) is 3.66. The maximum Gasteiger partial charge on any atom is 0.152 e. The highest BCUT2D eigenvalue weighted by molar-refractivity contribution is 7.91. The van der Waals surface area contributed by atoms with E-state index >= 15 is 0 Å². The number of aryl methyl sites for hydroxylation is 1. The summed E-state index contributed by atoms with van der Waals surface area (Å²) >= 11 is 4.90. The van der Waals surface area contributed by atoms with Gasteiger partial charge < -0.3 is 4.55 Å². The zero-order chi connectivity index (χ0) is 12.1. The van der Waals surface area contributed by atoms with Gasteiger partial charge >= 0.3 is 0 Å². The molecule has 0 bridgehead atoms. The van der Waals surface area contributed by atoms with Gasteiger partial charge in [-0.15, -0.1) is 0 Å². The van der Waals surface area contributed by atoms with Gasteiger partial charge in [-0.2, -0.15) is 0 Å². The highest BCUT2D eigenvalue weighted by Gasteiger charge is 2.09. The van der Waals surface area contributed by atoms with Gasteiger partial charge in [0.25, 0.3) is 0 Å². The van der Waals surface area contributed by atoms with Gasteiger partial charge in [-0.25, -0.2) is 0 Å². The van der Waals surface area contributed by atoms with Crippen LogP contribution in [0.1, 0.15) is 5.56 Å². The highest BCUT2D eigenvalue weighted by Crippen LogP contribution is 2.14. The molecular formula is C14H12ClOS. The smallest absolute Gasteiger partial charge is 0.152 e. The van der Waals surface area contributed by atoms with E-state index in [0.717, 1.165) is 16.9 Å². The maximum absolute atomic E-state index is 12.0. The van der Waals surface area contributed by atoms with Gasteiger partial charge in [-0.3, -0.25) is 0 Å². The van der Waals surface area contributed by atoms with Crippen LogP contribution >= 0.6 is 11.6 Å². The fraction of sp³-hybridized carbons (Fsp3) is 0.143. The number of hydrogen-bond donors (Lipinski definition) is 0. The Morgan fingerprint density at radius 1 is 1.18 bits per heavy atom. The lowest BCUT2D eigenvalue weighted by Gasteiger charge is -2.10. The van der Waals surface area contributed by atoms with Crippen LogP contribution in [0.15, 0.2) is 53.4 Å². The minimum atomic E-state index is -0.944. The van der Waals surface area contributed by atoms with E-state index in [1.807, 2.05) is 42.5 Å². The summed E-state index contributed by atoms with van der Waals surface area (Å²) in [4.78, 5) is 0.876. The van der Waals surface area contributed by atoms with Crippen molar-refractivity contribution >= 4 is 22.8 Å². The Kier molecular flexibility index (Phi) is 4.49. The molecule has 0 aliphatic carbocycles. The summed E-state index contributed by atoms with van der Waals surface area (Å²) in [7, 11) is 0. The molecule has 0 aliphatic heterocycles. The van der Waals surface area contributed by atoms with E-state index in [0.29, 0.717) is 10.8 Å². The topological polar surface area (TPSA) is 23.1 Å². The normalized spacial score (nSPS) is 12.4. The summed E-state index contributed by atoms with van der Waals surface area (Å²) in [5.41, 5.74) is 1.10. The van der Waals surface area contributed by atoms with Crippen LogP contribution in [0.4, 0.5) is 0 Å². The third-order valence-corrected chi connectivity index (χ3v) is 4.00. The Labute approximate surface area is 110 Å². The molecule has 3 heteroatoms. The molecule has 0 saturated carbocycles. The van der Waals surface area contributed by atoms with E-state index in [1.165, 1.54) is 0 Å². The van der Waals surface area contributed by atoms with E-state index in [2.05, 4.69) is 6.07 Å². The Hall–Kier alpha value is -0.960. The van der Waals surface area contributed by atoms with Crippen molar-refractivity contribution in [2.75, 3.05) is 5.75 Å². The second-order valence-corrected chi connectivity index (χ2v) is 5.64. The molecule has 0 aliphatic rings. The SMILES string of the molecule is [O-][S+](CCc1cc[c]c(Cl)c1)c1ccccc1. The first-order chi connectivity index (χ1) is 8.25. The third-order valence-electron chi connectivity index (χ3n) is 2.41. The van der Waals surface area contributed by atoms with Crippen LogP contribution < -0.4 is 0 Å². The van der Waals surface area contributed by atoms with Crippen LogP contribution in [-0.2, 0) is 17.6 Å². The van der Waals surface area contributed by atoms with Crippen LogP contribution in [-0.4, -0.2) is 10.3 Å². The maximum atomic E-state index is 12.0. The van der Waals surface area contributed by atoms with Crippen molar-refractivity contribution in [3.63, 3.8) is 0 Å². The lowest BCUT2D eigenvalue weighted by Crippen LogP contribution is -2.09. The fourth-order valence-corrected chi connectivity index (χ4v) is 2.86. The van der Waals surface area contributed by atoms with Crippen LogP contribution in [0.5, 0.6) is 0 Å². The number of benzene rings is 2. The lowest BCUT2D eigenvalue weighted by atomic mass is 10.2. The molecular weight excluding hydrogens is 252 g/mol. The molecule has 2 aromatic carbocycles. The predicted octanol–water partition coefficient (Wildman–Crippen LogP) is 3.49. The average molecular weight is 264 g/mol. The van der Waals surface area contributed by atoms with E-state index in [1.54, 1.807) is 6.07 Å². The molecule has 0 saturated heterocycles. The van der Waals surface area contributed by atoms with Crippen molar-refractivity contribution in [2.24, 2.45) is 0 Å². The zero-order valence-electron chi connectivity index (χ0n) is 9.23. The molecule has 0 spiro atoms. The van der Waals surface area contributed by atoms with E-state index in [-0.39, 0.29) is 0 Å². The lowest BCUT2D eigenvalue weighted by molar-refractivity contribution is 0.594. The Morgan fingerprint density at radius 2 is 1.94 bits per heavy atom. The van der Waals surface area contributed by atoms with Gasteiger partial charge in [0.2, 0.25) is 0 Å². The van der Waals surface area contributed by atoms with Crippen molar-refractivity contribution in [3.8, 4) is 0 Å². The number of halogens is 1. The molecule has 87 valence electrons. The minimum Gasteiger partial charge on any atom is -0.611 e. The quantitative estimate of drug-likeness (QED) is 0.775. The third kappa shape index (κ3) is 3.77. The Bertz CT molecular complexity index is 473. The average Bonchev–Trinajstić information content (AvgIpc) is 2.37. The zero-order valence-corrected chi connectivity index (χ0v) is 10.8. The van der Waals surface area contributed by atoms with Crippen molar-refractivity contribution < 1.29 is 4.55 Å². The molecule has 1 nitrogen and oxygen atoms in total. The Balaban J connectivity index is 1.95. The van der Waals surface area contributed by atoms with E-state index in [4.69, 9.17) is 11.6 Å². The first-order valence-electron chi connectivity index (χ1n) is 5.35. The Morgan fingerprint density at radius 3 is 2.65 bits per heavy atom. The molecule has 0 aromatic heterocycles. The summed E-state index contributed by atoms with van der Waals surface area (Å²) in [6.07, 6.45) is 0.760. The van der Waals surface area contributed by atoms with Gasteiger partial charge in [0.1, 0.15) is 5.75 Å². The fourth-order valence-electron chi connectivity index (χ4n) is 1.54. The van der Waals surface area contributed by atoms with Gasteiger partial charge in [-0.1, -0.05) is 41.9 Å². The second kappa shape index (κ2) is 6.10. The summed E-state index contributed by atoms with van der Waals surface area (Å²) in [5, 5.41) is 0.605. The number of hydrogen-bond acceptors (Lipinski definition) is 1. The summed E-state index contributed by atoms with van der Waals surface area (Å²) in [5.74, 6) is 0.615. The van der Waals surface area contributed by atoms with Crippen molar-refractivity contribution in [3.05, 3.63) is 65.2 Å². The van der Waals surface area contributed by atoms with Crippen molar-refractivity contribution in [1.29, 1.82) is 0 Å². The molecule has 0 heterocycles. The van der Waals surface area contributed by atoms with Crippen LogP contribution in [0, 0.1) is 6.07 Å². The molecule has 1 atom stereocenters. The van der Waals surface area contributed by atoms with E-state index in [9.17, 15) is 4.55 Å². The van der Waals surface area contributed by atoms with Crippen molar-refractivity contribution in [2.45, 2.75) is 11.3 Å². The summed E-state index contributed by atoms with van der Waals surface area (Å²) in [6, 6.07) is 18.0. The molecule has 0 amide bonds. The molecule has 17 heavy (non-hydrogen) atoms. The molecule has 2 rings (SSSR count). The molecule has 0 N–H and O–H groups in total. The van der Waals surface area contributed by atoms with Gasteiger partial charge in [0.15, 0.2) is 4.90 Å². The summed E-state index contributed by atoms with van der Waals surface area (Å²) < 4.78 is 12.0. The molecule has 1 radical (unpaired) electrons. The van der Waals surface area contributed by atoms with Crippen molar-refractivity contribution in [1.82, 2.24) is 0 Å². The molecule has 1 unspecified atom stereocenters. The first-order valence-corrected chi connectivity index (χ1v) is 7.05. The number of rotatable bonds is 4. The van der Waals surface area contributed by atoms with Gasteiger partial charge in [0, 0.05) is 17.5 Å². The summed E-state index contributed by atoms with van der Waals surface area (Å²) in [6.45, 7) is 0. The van der Waals surface area contributed by atoms with Gasteiger partial charge in [-0.05, 0) is 34.9 Å². The monoisotopic (exact) mass is 263 g/mol. The minimum absolute atomic E-state index is 0.605. The standard InChI is InChI=1S/C14H12ClOS/c15-13-6-4-5-12(11-13)9-10-17(16)14-7-2-1-3-8-14/h1-5,7-8,11H,9-10H2.